The zero-order chi connectivity index (χ0) is 21.8. The van der Waals surface area contributed by atoms with Crippen LogP contribution in [-0.2, 0) is 24.4 Å². The second-order valence-corrected chi connectivity index (χ2v) is 8.78. The highest BCUT2D eigenvalue weighted by Crippen LogP contribution is 2.26. The molecule has 1 aromatic carbocycles. The fourth-order valence-electron chi connectivity index (χ4n) is 3.50. The van der Waals surface area contributed by atoms with Crippen LogP contribution in [0.1, 0.15) is 35.7 Å². The molecule has 0 saturated heterocycles. The normalized spacial score (nSPS) is 11.4. The number of nitrogens with zero attached hydrogens (tertiary/aromatic N) is 4. The topological polar surface area (TPSA) is 58.4 Å². The summed E-state index contributed by atoms with van der Waals surface area (Å²) in [4.78, 5) is 36.9. The van der Waals surface area contributed by atoms with Crippen molar-refractivity contribution in [3.63, 3.8) is 0 Å². The molecule has 7 heteroatoms. The van der Waals surface area contributed by atoms with Gasteiger partial charge in [0, 0.05) is 18.5 Å². The van der Waals surface area contributed by atoms with Gasteiger partial charge >= 0.3 is 0 Å². The molecule has 3 aromatic rings. The van der Waals surface area contributed by atoms with Gasteiger partial charge < -0.3 is 4.90 Å². The zero-order valence-corrected chi connectivity index (χ0v) is 19.3. The van der Waals surface area contributed by atoms with Crippen LogP contribution in [0.3, 0.4) is 0 Å². The van der Waals surface area contributed by atoms with Gasteiger partial charge in [-0.3, -0.25) is 19.1 Å². The summed E-state index contributed by atoms with van der Waals surface area (Å²) >= 11 is 1.55. The Balaban J connectivity index is 1.97. The van der Waals surface area contributed by atoms with E-state index in [0.717, 1.165) is 33.9 Å². The van der Waals surface area contributed by atoms with Crippen molar-refractivity contribution in [3.8, 4) is 0 Å². The number of thiophene rings is 1. The van der Waals surface area contributed by atoms with Crippen molar-refractivity contribution in [1.29, 1.82) is 0 Å². The van der Waals surface area contributed by atoms with Crippen molar-refractivity contribution in [2.75, 3.05) is 20.1 Å². The number of benzene rings is 1. The van der Waals surface area contributed by atoms with Gasteiger partial charge in [0.2, 0.25) is 5.91 Å². The average Bonchev–Trinajstić information content (AvgIpc) is 3.02. The lowest BCUT2D eigenvalue weighted by Crippen LogP contribution is -2.37. The Kier molecular flexibility index (Phi) is 7.05. The van der Waals surface area contributed by atoms with E-state index < -0.39 is 0 Å². The maximum absolute atomic E-state index is 13.4. The highest BCUT2D eigenvalue weighted by Gasteiger charge is 2.20. The minimum atomic E-state index is -0.120. The minimum absolute atomic E-state index is 0.00393. The van der Waals surface area contributed by atoms with Crippen LogP contribution in [0.5, 0.6) is 0 Å². The van der Waals surface area contributed by atoms with Crippen molar-refractivity contribution in [1.82, 2.24) is 19.4 Å². The summed E-state index contributed by atoms with van der Waals surface area (Å²) in [6.07, 6.45) is 0. The summed E-state index contributed by atoms with van der Waals surface area (Å²) < 4.78 is 1.57. The third kappa shape index (κ3) is 4.63. The van der Waals surface area contributed by atoms with Crippen LogP contribution < -0.4 is 5.56 Å². The lowest BCUT2D eigenvalue weighted by atomic mass is 10.2. The Morgan fingerprint density at radius 2 is 1.77 bits per heavy atom. The molecular weight excluding hydrogens is 396 g/mol. The Labute approximate surface area is 181 Å². The quantitative estimate of drug-likeness (QED) is 0.552. The molecule has 0 radical (unpaired) electrons. The van der Waals surface area contributed by atoms with Gasteiger partial charge in [-0.2, -0.15) is 0 Å². The van der Waals surface area contributed by atoms with Crippen LogP contribution in [0.25, 0.3) is 10.2 Å². The number of carbonyl (C=O) groups excluding carboxylic acids is 1. The fourth-order valence-corrected chi connectivity index (χ4v) is 4.54. The molecule has 2 heterocycles. The molecule has 0 aliphatic carbocycles. The van der Waals surface area contributed by atoms with Crippen LogP contribution in [0.4, 0.5) is 0 Å². The van der Waals surface area contributed by atoms with Crippen molar-refractivity contribution < 1.29 is 4.79 Å². The summed E-state index contributed by atoms with van der Waals surface area (Å²) in [7, 11) is 1.77. The minimum Gasteiger partial charge on any atom is -0.340 e. The molecule has 0 unspecified atom stereocenters. The molecule has 6 nitrogen and oxygen atoms in total. The molecule has 0 aliphatic rings. The highest BCUT2D eigenvalue weighted by atomic mass is 32.1. The van der Waals surface area contributed by atoms with E-state index >= 15 is 0 Å². The van der Waals surface area contributed by atoms with E-state index in [9.17, 15) is 9.59 Å². The van der Waals surface area contributed by atoms with E-state index in [-0.39, 0.29) is 18.0 Å². The Morgan fingerprint density at radius 3 is 2.40 bits per heavy atom. The van der Waals surface area contributed by atoms with Crippen molar-refractivity contribution in [3.05, 3.63) is 62.5 Å². The molecule has 0 saturated carbocycles. The number of aromatic nitrogens is 2. The predicted octanol–water partition coefficient (Wildman–Crippen LogP) is 3.58. The van der Waals surface area contributed by atoms with Gasteiger partial charge in [0.25, 0.3) is 5.56 Å². The SMILES string of the molecule is CCN(CC)Cc1nc2sc(C)c(C)c2c(=O)n1CC(=O)N(C)Cc1ccccc1. The monoisotopic (exact) mass is 426 g/mol. The van der Waals surface area contributed by atoms with Gasteiger partial charge in [0.05, 0.1) is 11.9 Å². The Morgan fingerprint density at radius 1 is 1.10 bits per heavy atom. The molecule has 30 heavy (non-hydrogen) atoms. The third-order valence-electron chi connectivity index (χ3n) is 5.61. The lowest BCUT2D eigenvalue weighted by Gasteiger charge is -2.22. The highest BCUT2D eigenvalue weighted by molar-refractivity contribution is 7.18. The van der Waals surface area contributed by atoms with E-state index in [0.29, 0.717) is 24.3 Å². The van der Waals surface area contributed by atoms with Crippen LogP contribution >= 0.6 is 11.3 Å². The van der Waals surface area contributed by atoms with Crippen LogP contribution in [0, 0.1) is 13.8 Å². The van der Waals surface area contributed by atoms with Crippen molar-refractivity contribution in [2.24, 2.45) is 0 Å². The molecule has 2 aromatic heterocycles. The molecular formula is C23H30N4O2S. The number of hydrogen-bond acceptors (Lipinski definition) is 5. The number of hydrogen-bond donors (Lipinski definition) is 0. The fraction of sp³-hybridized carbons (Fsp3) is 0.435. The molecule has 0 aliphatic heterocycles. The maximum Gasteiger partial charge on any atom is 0.263 e. The summed E-state index contributed by atoms with van der Waals surface area (Å²) in [6.45, 7) is 10.9. The molecule has 160 valence electrons. The van der Waals surface area contributed by atoms with Crippen molar-refractivity contribution >= 4 is 27.5 Å². The summed E-state index contributed by atoms with van der Waals surface area (Å²) in [6, 6.07) is 9.86. The first-order chi connectivity index (χ1) is 14.3. The van der Waals surface area contributed by atoms with E-state index in [1.165, 1.54) is 0 Å². The summed E-state index contributed by atoms with van der Waals surface area (Å²) in [5.41, 5.74) is 1.90. The first-order valence-electron chi connectivity index (χ1n) is 10.3. The maximum atomic E-state index is 13.4. The molecule has 0 N–H and O–H groups in total. The van der Waals surface area contributed by atoms with Gasteiger partial charge in [-0.05, 0) is 38.1 Å². The van der Waals surface area contributed by atoms with Gasteiger partial charge in [-0.15, -0.1) is 11.3 Å². The molecule has 3 rings (SSSR count). The third-order valence-corrected chi connectivity index (χ3v) is 6.71. The van der Waals surface area contributed by atoms with Crippen LogP contribution in [0.2, 0.25) is 0 Å². The second kappa shape index (κ2) is 9.53. The Hall–Kier alpha value is -2.51. The lowest BCUT2D eigenvalue weighted by molar-refractivity contribution is -0.131. The van der Waals surface area contributed by atoms with Crippen molar-refractivity contribution in [2.45, 2.75) is 47.3 Å². The number of rotatable bonds is 8. The number of likely N-dealkylation sites (N-methyl/N-ethyl adjacent to an activating group) is 1. The molecule has 0 bridgehead atoms. The smallest absolute Gasteiger partial charge is 0.263 e. The molecule has 1 amide bonds. The van der Waals surface area contributed by atoms with E-state index in [1.807, 2.05) is 44.2 Å². The second-order valence-electron chi connectivity index (χ2n) is 7.58. The average molecular weight is 427 g/mol. The number of fused-ring (bicyclic) bond motifs is 1. The molecule has 0 fully saturated rings. The standard InChI is InChI=1S/C23H30N4O2S/c1-6-26(7-2)14-19-24-22-21(16(3)17(4)30-22)23(29)27(19)15-20(28)25(5)13-18-11-9-8-10-12-18/h8-12H,6-7,13-15H2,1-5H3. The van der Waals surface area contributed by atoms with Gasteiger partial charge in [-0.25, -0.2) is 4.98 Å². The first-order valence-corrected chi connectivity index (χ1v) is 11.2. The molecule has 0 atom stereocenters. The number of aryl methyl sites for hydroxylation is 2. The van der Waals surface area contributed by atoms with E-state index in [2.05, 4.69) is 18.7 Å². The summed E-state index contributed by atoms with van der Waals surface area (Å²) in [5.74, 6) is 0.548. The first kappa shape index (κ1) is 22.2. The largest absolute Gasteiger partial charge is 0.340 e. The Bertz CT molecular complexity index is 1080. The number of carbonyl (C=O) groups is 1. The van der Waals surface area contributed by atoms with Crippen LogP contribution in [-0.4, -0.2) is 45.4 Å². The van der Waals surface area contributed by atoms with Crippen LogP contribution in [0.15, 0.2) is 35.1 Å². The van der Waals surface area contributed by atoms with E-state index in [4.69, 9.17) is 4.98 Å². The zero-order valence-electron chi connectivity index (χ0n) is 18.4. The summed E-state index contributed by atoms with van der Waals surface area (Å²) in [5, 5.41) is 0.638. The van der Waals surface area contributed by atoms with Gasteiger partial charge in [-0.1, -0.05) is 44.2 Å². The van der Waals surface area contributed by atoms with Gasteiger partial charge in [0.1, 0.15) is 17.2 Å². The predicted molar refractivity (Wildman–Crippen MR) is 123 cm³/mol. The molecule has 0 spiro atoms. The van der Waals surface area contributed by atoms with Gasteiger partial charge in [0.15, 0.2) is 0 Å². The van der Waals surface area contributed by atoms with E-state index in [1.54, 1.807) is 27.9 Å². The number of amides is 1.